The smallest absolute Gasteiger partial charge is 0.149 e. The highest BCUT2D eigenvalue weighted by Gasteiger charge is 2.10. The van der Waals surface area contributed by atoms with Crippen LogP contribution in [0.1, 0.15) is 0 Å². The third kappa shape index (κ3) is 2.86. The number of halogens is 1. The molecule has 0 spiro atoms. The van der Waals surface area contributed by atoms with Crippen LogP contribution >= 0.6 is 0 Å². The number of ether oxygens (including phenoxy) is 1. The zero-order chi connectivity index (χ0) is 13.8. The molecule has 0 aliphatic carbocycles. The topological polar surface area (TPSA) is 50.3 Å². The molecule has 1 aromatic carbocycles. The van der Waals surface area contributed by atoms with E-state index in [2.05, 4.69) is 20.2 Å². The second-order valence-corrected chi connectivity index (χ2v) is 4.74. The Bertz CT molecular complexity index is 586. The molecule has 1 aromatic heterocycles. The number of aromatic nitrogens is 2. The van der Waals surface area contributed by atoms with E-state index in [1.807, 2.05) is 6.07 Å². The maximum atomic E-state index is 13.6. The van der Waals surface area contributed by atoms with Crippen molar-refractivity contribution in [2.45, 2.75) is 0 Å². The van der Waals surface area contributed by atoms with E-state index >= 15 is 0 Å². The number of benzene rings is 1. The quantitative estimate of drug-likeness (QED) is 0.917. The first-order valence-corrected chi connectivity index (χ1v) is 6.78. The van der Waals surface area contributed by atoms with E-state index in [0.29, 0.717) is 11.3 Å². The lowest BCUT2D eigenvalue weighted by atomic mass is 10.2. The van der Waals surface area contributed by atoms with E-state index in [1.54, 1.807) is 6.07 Å². The van der Waals surface area contributed by atoms with Gasteiger partial charge in [-0.1, -0.05) is 6.07 Å². The molecule has 0 saturated carbocycles. The number of hydrogen-bond donors (Lipinski definition) is 1. The number of anilines is 1. The van der Waals surface area contributed by atoms with Crippen LogP contribution < -0.4 is 5.32 Å². The van der Waals surface area contributed by atoms with Gasteiger partial charge in [0.2, 0.25) is 0 Å². The minimum Gasteiger partial charge on any atom is -0.379 e. The molecule has 2 heterocycles. The fourth-order valence-corrected chi connectivity index (χ4v) is 2.35. The minimum atomic E-state index is -0.318. The Labute approximate surface area is 116 Å². The minimum absolute atomic E-state index is 0.318. The van der Waals surface area contributed by atoms with Crippen molar-refractivity contribution in [2.24, 2.45) is 0 Å². The third-order valence-corrected chi connectivity index (χ3v) is 3.44. The molecule has 1 N–H and O–H groups in total. The van der Waals surface area contributed by atoms with Gasteiger partial charge >= 0.3 is 0 Å². The average Bonchev–Trinajstić information content (AvgIpc) is 2.49. The lowest BCUT2D eigenvalue weighted by Gasteiger charge is -2.26. The highest BCUT2D eigenvalue weighted by molar-refractivity contribution is 5.89. The fourth-order valence-electron chi connectivity index (χ4n) is 2.35. The molecule has 1 aliphatic heterocycles. The summed E-state index contributed by atoms with van der Waals surface area (Å²) in [5.41, 5.74) is 0.358. The highest BCUT2D eigenvalue weighted by Crippen LogP contribution is 2.20. The summed E-state index contributed by atoms with van der Waals surface area (Å²) in [4.78, 5) is 10.5. The number of fused-ring (bicyclic) bond motifs is 1. The number of rotatable bonds is 4. The summed E-state index contributed by atoms with van der Waals surface area (Å²) in [5.74, 6) is 0.365. The molecule has 0 amide bonds. The predicted octanol–water partition coefficient (Wildman–Crippen LogP) is 1.51. The second-order valence-electron chi connectivity index (χ2n) is 4.74. The molecule has 1 saturated heterocycles. The van der Waals surface area contributed by atoms with Gasteiger partial charge in [0.1, 0.15) is 23.5 Å². The highest BCUT2D eigenvalue weighted by atomic mass is 19.1. The number of hydrogen-bond acceptors (Lipinski definition) is 5. The van der Waals surface area contributed by atoms with Crippen LogP contribution in [-0.2, 0) is 4.74 Å². The first-order chi connectivity index (χ1) is 9.84. The lowest BCUT2D eigenvalue weighted by molar-refractivity contribution is 0.0398. The first kappa shape index (κ1) is 13.2. The zero-order valence-electron chi connectivity index (χ0n) is 11.2. The molecule has 0 unspecified atom stereocenters. The molecule has 0 bridgehead atoms. The summed E-state index contributed by atoms with van der Waals surface area (Å²) in [5, 5.41) is 3.98. The van der Waals surface area contributed by atoms with Crippen molar-refractivity contribution in [3.8, 4) is 0 Å². The lowest BCUT2D eigenvalue weighted by Crippen LogP contribution is -2.39. The summed E-state index contributed by atoms with van der Waals surface area (Å²) >= 11 is 0. The molecule has 0 atom stereocenters. The van der Waals surface area contributed by atoms with E-state index < -0.39 is 0 Å². The molecule has 106 valence electrons. The Morgan fingerprint density at radius 3 is 2.95 bits per heavy atom. The predicted molar refractivity (Wildman–Crippen MR) is 75.2 cm³/mol. The van der Waals surface area contributed by atoms with Crippen molar-refractivity contribution < 1.29 is 9.13 Å². The maximum Gasteiger partial charge on any atom is 0.149 e. The summed E-state index contributed by atoms with van der Waals surface area (Å²) in [7, 11) is 0. The van der Waals surface area contributed by atoms with Crippen molar-refractivity contribution >= 4 is 16.7 Å². The Hall–Kier alpha value is -1.79. The van der Waals surface area contributed by atoms with Crippen LogP contribution in [0.5, 0.6) is 0 Å². The first-order valence-electron chi connectivity index (χ1n) is 6.78. The van der Waals surface area contributed by atoms with Gasteiger partial charge in [-0.3, -0.25) is 4.90 Å². The van der Waals surface area contributed by atoms with Crippen molar-refractivity contribution in [1.82, 2.24) is 14.9 Å². The Morgan fingerprint density at radius 2 is 2.10 bits per heavy atom. The molecule has 2 aromatic rings. The van der Waals surface area contributed by atoms with Gasteiger partial charge in [0.05, 0.1) is 13.2 Å². The van der Waals surface area contributed by atoms with Crippen molar-refractivity contribution in [2.75, 3.05) is 44.7 Å². The normalized spacial score (nSPS) is 16.4. The summed E-state index contributed by atoms with van der Waals surface area (Å²) in [6.07, 6.45) is 1.39. The van der Waals surface area contributed by atoms with Gasteiger partial charge in [0.25, 0.3) is 0 Å². The maximum absolute atomic E-state index is 13.6. The average molecular weight is 276 g/mol. The Balaban J connectivity index is 1.66. The van der Waals surface area contributed by atoms with Crippen LogP contribution in [0.15, 0.2) is 24.5 Å². The van der Waals surface area contributed by atoms with Crippen molar-refractivity contribution in [3.63, 3.8) is 0 Å². The van der Waals surface area contributed by atoms with Gasteiger partial charge in [-0.2, -0.15) is 0 Å². The Kier molecular flexibility index (Phi) is 4.03. The monoisotopic (exact) mass is 276 g/mol. The van der Waals surface area contributed by atoms with Gasteiger partial charge in [0.15, 0.2) is 0 Å². The third-order valence-electron chi connectivity index (χ3n) is 3.44. The van der Waals surface area contributed by atoms with Crippen LogP contribution in [0.3, 0.4) is 0 Å². The van der Waals surface area contributed by atoms with Gasteiger partial charge in [-0.25, -0.2) is 14.4 Å². The number of para-hydroxylation sites is 1. The molecule has 5 nitrogen and oxygen atoms in total. The van der Waals surface area contributed by atoms with Gasteiger partial charge in [0, 0.05) is 31.6 Å². The zero-order valence-corrected chi connectivity index (χ0v) is 11.2. The molecule has 0 radical (unpaired) electrons. The molecular weight excluding hydrogens is 259 g/mol. The number of nitrogens with zero attached hydrogens (tertiary/aromatic N) is 3. The van der Waals surface area contributed by atoms with Crippen LogP contribution in [0, 0.1) is 5.82 Å². The molecular formula is C14H17FN4O. The summed E-state index contributed by atoms with van der Waals surface area (Å²) in [6.45, 7) is 5.19. The van der Waals surface area contributed by atoms with E-state index in [9.17, 15) is 4.39 Å². The Morgan fingerprint density at radius 1 is 1.25 bits per heavy atom. The SMILES string of the molecule is Fc1cccc2c(NCCN3CCOCC3)ncnc12. The largest absolute Gasteiger partial charge is 0.379 e. The number of nitrogens with one attached hydrogen (secondary N) is 1. The van der Waals surface area contributed by atoms with Crippen molar-refractivity contribution in [1.29, 1.82) is 0 Å². The van der Waals surface area contributed by atoms with Crippen LogP contribution in [0.2, 0.25) is 0 Å². The van der Waals surface area contributed by atoms with E-state index in [4.69, 9.17) is 4.74 Å². The van der Waals surface area contributed by atoms with Crippen LogP contribution in [0.4, 0.5) is 10.2 Å². The standard InChI is InChI=1S/C14H17FN4O/c15-12-3-1-2-11-13(12)17-10-18-14(11)16-4-5-19-6-8-20-9-7-19/h1-3,10H,4-9H2,(H,16,17,18). The van der Waals surface area contributed by atoms with Gasteiger partial charge < -0.3 is 10.1 Å². The van der Waals surface area contributed by atoms with E-state index in [-0.39, 0.29) is 5.82 Å². The van der Waals surface area contributed by atoms with Crippen molar-refractivity contribution in [3.05, 3.63) is 30.3 Å². The molecule has 6 heteroatoms. The van der Waals surface area contributed by atoms with Gasteiger partial charge in [-0.05, 0) is 12.1 Å². The van der Waals surface area contributed by atoms with Crippen LogP contribution in [0.25, 0.3) is 10.9 Å². The fraction of sp³-hybridized carbons (Fsp3) is 0.429. The molecule has 1 aliphatic rings. The van der Waals surface area contributed by atoms with E-state index in [1.165, 1.54) is 12.4 Å². The second kappa shape index (κ2) is 6.11. The molecule has 20 heavy (non-hydrogen) atoms. The molecule has 1 fully saturated rings. The summed E-state index contributed by atoms with van der Waals surface area (Å²) in [6, 6.07) is 4.91. The van der Waals surface area contributed by atoms with E-state index in [0.717, 1.165) is 44.8 Å². The van der Waals surface area contributed by atoms with Gasteiger partial charge in [-0.15, -0.1) is 0 Å². The molecule has 3 rings (SSSR count). The van der Waals surface area contributed by atoms with Crippen LogP contribution in [-0.4, -0.2) is 54.3 Å². The number of morpholine rings is 1. The summed E-state index contributed by atoms with van der Waals surface area (Å²) < 4.78 is 18.9.